The number of rotatable bonds is 39. The number of carboxylic acids is 1. The van der Waals surface area contributed by atoms with Crippen molar-refractivity contribution in [2.75, 3.05) is 13.1 Å². The van der Waals surface area contributed by atoms with Gasteiger partial charge in [0.2, 0.25) is 0 Å². The SMILES string of the molecule is CCCCCCCCCCCCCCCCCCCN(CCCCCCCCCCCCCCCCCCC)C(C)CC(=O)[O-].[K+]. The van der Waals surface area contributed by atoms with Crippen LogP contribution in [0.3, 0.4) is 0 Å². The molecular formula is C42H84KNO2. The molecule has 0 saturated heterocycles. The van der Waals surface area contributed by atoms with Gasteiger partial charge >= 0.3 is 51.4 Å². The van der Waals surface area contributed by atoms with E-state index in [1.807, 2.05) is 0 Å². The molecule has 0 heterocycles. The molecule has 0 aliphatic heterocycles. The van der Waals surface area contributed by atoms with E-state index < -0.39 is 5.97 Å². The Hall–Kier alpha value is 1.07. The van der Waals surface area contributed by atoms with E-state index in [4.69, 9.17) is 0 Å². The monoisotopic (exact) mass is 674 g/mol. The molecule has 0 N–H and O–H groups in total. The van der Waals surface area contributed by atoms with Gasteiger partial charge in [-0.1, -0.05) is 219 Å². The van der Waals surface area contributed by atoms with E-state index in [1.54, 1.807) is 0 Å². The van der Waals surface area contributed by atoms with E-state index in [-0.39, 0.29) is 63.8 Å². The Morgan fingerprint density at radius 3 is 0.804 bits per heavy atom. The van der Waals surface area contributed by atoms with Gasteiger partial charge in [0.1, 0.15) is 0 Å². The first-order valence-corrected chi connectivity index (χ1v) is 21.1. The molecule has 1 unspecified atom stereocenters. The van der Waals surface area contributed by atoms with Crippen molar-refractivity contribution in [1.82, 2.24) is 4.90 Å². The van der Waals surface area contributed by atoms with Gasteiger partial charge in [0.25, 0.3) is 0 Å². The number of aliphatic carboxylic acids is 1. The third kappa shape index (κ3) is 39.5. The predicted molar refractivity (Wildman–Crippen MR) is 199 cm³/mol. The predicted octanol–water partition coefficient (Wildman–Crippen LogP) is 10.1. The van der Waals surface area contributed by atoms with Gasteiger partial charge in [-0.2, -0.15) is 0 Å². The van der Waals surface area contributed by atoms with Crippen molar-refractivity contribution in [2.45, 2.75) is 252 Å². The smallest absolute Gasteiger partial charge is 0.550 e. The van der Waals surface area contributed by atoms with E-state index in [2.05, 4.69) is 25.7 Å². The van der Waals surface area contributed by atoms with Crippen molar-refractivity contribution < 1.29 is 61.3 Å². The third-order valence-corrected chi connectivity index (χ3v) is 10.2. The second kappa shape index (κ2) is 42.2. The van der Waals surface area contributed by atoms with E-state index >= 15 is 0 Å². The van der Waals surface area contributed by atoms with E-state index in [1.165, 1.54) is 218 Å². The molecule has 0 aromatic heterocycles. The molecule has 0 saturated carbocycles. The second-order valence-electron chi connectivity index (χ2n) is 14.8. The molecule has 1 atom stereocenters. The Kier molecular flexibility index (Phi) is 45.2. The molecule has 270 valence electrons. The van der Waals surface area contributed by atoms with Crippen LogP contribution in [0.1, 0.15) is 245 Å². The molecule has 0 aliphatic carbocycles. The fourth-order valence-corrected chi connectivity index (χ4v) is 7.00. The summed E-state index contributed by atoms with van der Waals surface area (Å²) in [6.07, 6.45) is 47.6. The number of carbonyl (C=O) groups is 1. The van der Waals surface area contributed by atoms with Crippen LogP contribution in [0.4, 0.5) is 0 Å². The van der Waals surface area contributed by atoms with Crippen LogP contribution in [0, 0.1) is 0 Å². The Morgan fingerprint density at radius 1 is 0.413 bits per heavy atom. The molecule has 4 heteroatoms. The molecule has 0 aromatic carbocycles. The quantitative estimate of drug-likeness (QED) is 0.0482. The average molecular weight is 674 g/mol. The molecule has 0 aromatic rings. The van der Waals surface area contributed by atoms with Gasteiger partial charge in [-0.05, 0) is 32.9 Å². The third-order valence-electron chi connectivity index (χ3n) is 10.2. The van der Waals surface area contributed by atoms with Crippen molar-refractivity contribution in [3.8, 4) is 0 Å². The summed E-state index contributed by atoms with van der Waals surface area (Å²) < 4.78 is 0. The van der Waals surface area contributed by atoms with Crippen molar-refractivity contribution in [3.63, 3.8) is 0 Å². The van der Waals surface area contributed by atoms with Crippen LogP contribution in [0.2, 0.25) is 0 Å². The zero-order chi connectivity index (χ0) is 32.9. The first-order chi connectivity index (χ1) is 22.1. The number of hydrogen-bond acceptors (Lipinski definition) is 3. The Balaban J connectivity index is 0. The fraction of sp³-hybridized carbons (Fsp3) is 0.976. The maximum absolute atomic E-state index is 11.2. The van der Waals surface area contributed by atoms with Crippen LogP contribution in [-0.4, -0.2) is 30.0 Å². The van der Waals surface area contributed by atoms with Crippen LogP contribution in [0.25, 0.3) is 0 Å². The fourth-order valence-electron chi connectivity index (χ4n) is 7.00. The normalized spacial score (nSPS) is 12.1. The Labute approximate surface area is 333 Å². The molecule has 0 radical (unpaired) electrons. The van der Waals surface area contributed by atoms with Crippen molar-refractivity contribution >= 4 is 5.97 Å². The van der Waals surface area contributed by atoms with Gasteiger partial charge in [0, 0.05) is 18.4 Å². The summed E-state index contributed by atoms with van der Waals surface area (Å²) in [6.45, 7) is 8.76. The summed E-state index contributed by atoms with van der Waals surface area (Å²) in [4.78, 5) is 13.7. The molecular weight excluding hydrogens is 590 g/mol. The van der Waals surface area contributed by atoms with Crippen molar-refractivity contribution in [2.24, 2.45) is 0 Å². The van der Waals surface area contributed by atoms with Gasteiger partial charge < -0.3 is 14.8 Å². The molecule has 0 spiro atoms. The molecule has 46 heavy (non-hydrogen) atoms. The average Bonchev–Trinajstić information content (AvgIpc) is 3.02. The first kappa shape index (κ1) is 49.2. The topological polar surface area (TPSA) is 43.4 Å². The van der Waals surface area contributed by atoms with Gasteiger partial charge in [-0.3, -0.25) is 0 Å². The summed E-state index contributed by atoms with van der Waals surface area (Å²) in [7, 11) is 0. The van der Waals surface area contributed by atoms with Crippen molar-refractivity contribution in [3.05, 3.63) is 0 Å². The largest absolute Gasteiger partial charge is 1.00 e. The summed E-state index contributed by atoms with van der Waals surface area (Å²) in [5.41, 5.74) is 0. The number of carbonyl (C=O) groups excluding carboxylic acids is 1. The van der Waals surface area contributed by atoms with Crippen LogP contribution >= 0.6 is 0 Å². The number of unbranched alkanes of at least 4 members (excludes halogenated alkanes) is 32. The summed E-state index contributed by atoms with van der Waals surface area (Å²) in [6, 6.07) is 0.0946. The molecule has 0 rings (SSSR count). The summed E-state index contributed by atoms with van der Waals surface area (Å²) in [5, 5.41) is 11.2. The van der Waals surface area contributed by atoms with E-state index in [0.717, 1.165) is 13.1 Å². The van der Waals surface area contributed by atoms with Gasteiger partial charge in [-0.25, -0.2) is 0 Å². The Morgan fingerprint density at radius 2 is 0.609 bits per heavy atom. The molecule has 3 nitrogen and oxygen atoms in total. The maximum Gasteiger partial charge on any atom is 1.00 e. The maximum atomic E-state index is 11.2. The number of nitrogens with zero attached hydrogens (tertiary/aromatic N) is 1. The molecule has 0 bridgehead atoms. The minimum absolute atomic E-state index is 0. The van der Waals surface area contributed by atoms with E-state index in [9.17, 15) is 9.90 Å². The zero-order valence-electron chi connectivity index (χ0n) is 32.5. The van der Waals surface area contributed by atoms with Crippen LogP contribution < -0.4 is 56.5 Å². The Bertz CT molecular complexity index is 534. The van der Waals surface area contributed by atoms with Crippen LogP contribution in [0.15, 0.2) is 0 Å². The van der Waals surface area contributed by atoms with Gasteiger partial charge in [-0.15, -0.1) is 0 Å². The summed E-state index contributed by atoms with van der Waals surface area (Å²) >= 11 is 0. The van der Waals surface area contributed by atoms with E-state index in [0.29, 0.717) is 0 Å². The van der Waals surface area contributed by atoms with Gasteiger partial charge in [0.15, 0.2) is 0 Å². The minimum Gasteiger partial charge on any atom is -0.550 e. The standard InChI is InChI=1S/C42H85NO2.K/c1-4-6-8-10-12-14-16-18-20-22-24-26-28-30-32-34-36-38-43(41(3)40-42(44)45)39-37-35-33-31-29-27-25-23-21-19-17-15-13-11-9-7-5-2;/h41H,4-40H2,1-3H3,(H,44,45);/q;+1/p-1. The van der Waals surface area contributed by atoms with Crippen LogP contribution in [0.5, 0.6) is 0 Å². The molecule has 0 fully saturated rings. The first-order valence-electron chi connectivity index (χ1n) is 21.1. The number of hydrogen-bond donors (Lipinski definition) is 0. The van der Waals surface area contributed by atoms with Crippen molar-refractivity contribution in [1.29, 1.82) is 0 Å². The van der Waals surface area contributed by atoms with Gasteiger partial charge in [0.05, 0.1) is 0 Å². The number of carboxylic acid groups (broad SMARTS) is 1. The summed E-state index contributed by atoms with van der Waals surface area (Å²) in [5.74, 6) is -0.905. The minimum atomic E-state index is -0.905. The van der Waals surface area contributed by atoms with Crippen LogP contribution in [-0.2, 0) is 4.79 Å². The second-order valence-corrected chi connectivity index (χ2v) is 14.8. The molecule has 0 amide bonds. The molecule has 0 aliphatic rings. The zero-order valence-corrected chi connectivity index (χ0v) is 35.6.